The lowest BCUT2D eigenvalue weighted by Gasteiger charge is -2.33. The first kappa shape index (κ1) is 17.2. The van der Waals surface area contributed by atoms with E-state index in [4.69, 9.17) is 5.73 Å². The minimum absolute atomic E-state index is 0.127. The highest BCUT2D eigenvalue weighted by atomic mass is 19.1. The van der Waals surface area contributed by atoms with Crippen LogP contribution in [-0.2, 0) is 0 Å². The monoisotopic (exact) mass is 334 g/mol. The van der Waals surface area contributed by atoms with Crippen LogP contribution in [0.4, 0.5) is 8.78 Å². The van der Waals surface area contributed by atoms with Crippen LogP contribution in [0.5, 0.6) is 0 Å². The van der Waals surface area contributed by atoms with Gasteiger partial charge in [0.1, 0.15) is 11.5 Å². The molecule has 3 rings (SSSR count). The van der Waals surface area contributed by atoms with Crippen molar-refractivity contribution in [2.75, 3.05) is 6.54 Å². The zero-order valence-corrected chi connectivity index (χ0v) is 14.1. The van der Waals surface area contributed by atoms with E-state index in [0.717, 1.165) is 12.8 Å². The number of nitrogens with two attached hydrogens (primary N) is 1. The van der Waals surface area contributed by atoms with Crippen LogP contribution >= 0.6 is 0 Å². The van der Waals surface area contributed by atoms with Crippen molar-refractivity contribution in [2.24, 2.45) is 22.6 Å². The molecule has 1 fully saturated rings. The largest absolute Gasteiger partial charge is 0.386 e. The number of hydrogen-bond donors (Lipinski definition) is 2. The molecular weight excluding hydrogens is 310 g/mol. The summed E-state index contributed by atoms with van der Waals surface area (Å²) in [6, 6.07) is 5.59. The van der Waals surface area contributed by atoms with Gasteiger partial charge in [0.25, 0.3) is 0 Å². The quantitative estimate of drug-likeness (QED) is 0.867. The average molecular weight is 334 g/mol. The second kappa shape index (κ2) is 6.37. The van der Waals surface area contributed by atoms with Crippen molar-refractivity contribution in [1.82, 2.24) is 0 Å². The van der Waals surface area contributed by atoms with E-state index < -0.39 is 17.2 Å². The van der Waals surface area contributed by atoms with Gasteiger partial charge < -0.3 is 10.8 Å². The van der Waals surface area contributed by atoms with Crippen molar-refractivity contribution in [3.63, 3.8) is 0 Å². The Kier molecular flexibility index (Phi) is 4.58. The van der Waals surface area contributed by atoms with E-state index >= 15 is 4.39 Å². The van der Waals surface area contributed by atoms with Crippen molar-refractivity contribution >= 4 is 5.71 Å². The summed E-state index contributed by atoms with van der Waals surface area (Å²) in [7, 11) is 0. The molecule has 130 valence electrons. The normalized spacial score (nSPS) is 23.2. The average Bonchev–Trinajstić information content (AvgIpc) is 3.33. The van der Waals surface area contributed by atoms with Gasteiger partial charge in [-0.15, -0.1) is 0 Å². The van der Waals surface area contributed by atoms with Crippen LogP contribution in [0, 0.1) is 17.7 Å². The molecule has 3 N–H and O–H groups in total. The summed E-state index contributed by atoms with van der Waals surface area (Å²) in [6.07, 6.45) is 2.59. The molecule has 1 aromatic carbocycles. The lowest BCUT2D eigenvalue weighted by Crippen LogP contribution is -2.37. The third-order valence-corrected chi connectivity index (χ3v) is 5.01. The van der Waals surface area contributed by atoms with Gasteiger partial charge in [-0.25, -0.2) is 8.78 Å². The highest BCUT2D eigenvalue weighted by molar-refractivity contribution is 6.12. The highest BCUT2D eigenvalue weighted by Gasteiger charge is 2.40. The molecule has 2 atom stereocenters. The number of hydrogen-bond acceptors (Lipinski definition) is 3. The van der Waals surface area contributed by atoms with Gasteiger partial charge in [0.15, 0.2) is 5.83 Å². The summed E-state index contributed by atoms with van der Waals surface area (Å²) >= 11 is 0. The number of nitrogens with zero attached hydrogens (tertiary/aromatic N) is 1. The summed E-state index contributed by atoms with van der Waals surface area (Å²) in [5.41, 5.74) is 5.49. The van der Waals surface area contributed by atoms with Crippen LogP contribution in [0.15, 0.2) is 40.7 Å². The third-order valence-electron chi connectivity index (χ3n) is 5.01. The fourth-order valence-electron chi connectivity index (χ4n) is 3.50. The molecule has 3 nitrogen and oxygen atoms in total. The first-order valence-corrected chi connectivity index (χ1v) is 8.47. The molecular formula is C19H24F2N2O. The standard InChI is InChI=1S/C19H24F2N2O/c1-19(2,24)15-9-16(14(10-22)11-6-7-11)23-18(17(15)21)12-4-3-5-13(20)8-12/h3-5,8,11,14,16,24H,6-7,9-10,22H2,1-2H3. The van der Waals surface area contributed by atoms with E-state index in [2.05, 4.69) is 4.99 Å². The maximum absolute atomic E-state index is 15.0. The zero-order valence-electron chi connectivity index (χ0n) is 14.1. The van der Waals surface area contributed by atoms with E-state index in [0.29, 0.717) is 30.0 Å². The van der Waals surface area contributed by atoms with Crippen molar-refractivity contribution in [3.05, 3.63) is 47.0 Å². The SMILES string of the molecule is CC(C)(O)C1=C(F)C(c2cccc(F)c2)=NC(C(CN)C2CC2)C1. The van der Waals surface area contributed by atoms with Crippen molar-refractivity contribution in [3.8, 4) is 0 Å². The molecule has 2 aliphatic rings. The fraction of sp³-hybridized carbons (Fsp3) is 0.526. The predicted octanol–water partition coefficient (Wildman–Crippen LogP) is 3.37. The smallest absolute Gasteiger partial charge is 0.151 e. The van der Waals surface area contributed by atoms with Crippen LogP contribution < -0.4 is 5.73 Å². The maximum atomic E-state index is 15.0. The molecule has 0 saturated heterocycles. The molecule has 5 heteroatoms. The Labute approximate surface area is 141 Å². The molecule has 1 aliphatic carbocycles. The molecule has 1 aliphatic heterocycles. The van der Waals surface area contributed by atoms with Crippen LogP contribution in [0.25, 0.3) is 0 Å². The predicted molar refractivity (Wildman–Crippen MR) is 91.0 cm³/mol. The van der Waals surface area contributed by atoms with Crippen LogP contribution in [0.1, 0.15) is 38.7 Å². The minimum Gasteiger partial charge on any atom is -0.386 e. The molecule has 1 aromatic rings. The van der Waals surface area contributed by atoms with Crippen LogP contribution in [0.2, 0.25) is 0 Å². The van der Waals surface area contributed by atoms with Crippen molar-refractivity contribution < 1.29 is 13.9 Å². The van der Waals surface area contributed by atoms with Crippen LogP contribution in [0.3, 0.4) is 0 Å². The molecule has 2 unspecified atom stereocenters. The van der Waals surface area contributed by atoms with E-state index in [1.165, 1.54) is 18.2 Å². The summed E-state index contributed by atoms with van der Waals surface area (Å²) in [6.45, 7) is 3.63. The lowest BCUT2D eigenvalue weighted by molar-refractivity contribution is 0.109. The lowest BCUT2D eigenvalue weighted by atomic mass is 9.81. The number of allylic oxidation sites excluding steroid dienone is 1. The molecule has 0 aromatic heterocycles. The Morgan fingerprint density at radius 3 is 2.58 bits per heavy atom. The Morgan fingerprint density at radius 1 is 1.33 bits per heavy atom. The second-order valence-electron chi connectivity index (χ2n) is 7.35. The Hall–Kier alpha value is -1.59. The van der Waals surface area contributed by atoms with Crippen LogP contribution in [-0.4, -0.2) is 29.0 Å². The van der Waals surface area contributed by atoms with Gasteiger partial charge in [0, 0.05) is 11.1 Å². The summed E-state index contributed by atoms with van der Waals surface area (Å²) in [5, 5.41) is 10.4. The number of dihydropyridines is 1. The summed E-state index contributed by atoms with van der Waals surface area (Å²) in [5.74, 6) is -0.302. The topological polar surface area (TPSA) is 58.6 Å². The maximum Gasteiger partial charge on any atom is 0.151 e. The molecule has 24 heavy (non-hydrogen) atoms. The first-order chi connectivity index (χ1) is 11.3. The van der Waals surface area contributed by atoms with Crippen molar-refractivity contribution in [1.29, 1.82) is 0 Å². The Balaban J connectivity index is 2.06. The van der Waals surface area contributed by atoms with Gasteiger partial charge in [0.05, 0.1) is 11.6 Å². The molecule has 0 radical (unpaired) electrons. The molecule has 1 heterocycles. The fourth-order valence-corrected chi connectivity index (χ4v) is 3.50. The van der Waals surface area contributed by atoms with Gasteiger partial charge in [-0.2, -0.15) is 0 Å². The van der Waals surface area contributed by atoms with Gasteiger partial charge >= 0.3 is 0 Å². The van der Waals surface area contributed by atoms with Crippen molar-refractivity contribution in [2.45, 2.75) is 44.8 Å². The Bertz CT molecular complexity index is 687. The van der Waals surface area contributed by atoms with Gasteiger partial charge in [-0.1, -0.05) is 12.1 Å². The summed E-state index contributed by atoms with van der Waals surface area (Å²) in [4.78, 5) is 4.60. The number of rotatable bonds is 5. The molecule has 1 saturated carbocycles. The number of benzene rings is 1. The van der Waals surface area contributed by atoms with E-state index in [1.807, 2.05) is 0 Å². The highest BCUT2D eigenvalue weighted by Crippen LogP contribution is 2.43. The third kappa shape index (κ3) is 3.42. The molecule has 0 bridgehead atoms. The minimum atomic E-state index is -1.29. The van der Waals surface area contributed by atoms with E-state index in [9.17, 15) is 9.50 Å². The van der Waals surface area contributed by atoms with E-state index in [1.54, 1.807) is 19.9 Å². The number of aliphatic hydroxyl groups is 1. The summed E-state index contributed by atoms with van der Waals surface area (Å²) < 4.78 is 28.6. The molecule has 0 spiro atoms. The zero-order chi connectivity index (χ0) is 17.5. The number of halogens is 2. The molecule has 0 amide bonds. The Morgan fingerprint density at radius 2 is 2.04 bits per heavy atom. The number of aliphatic imine (C=N–C) groups is 1. The second-order valence-corrected chi connectivity index (χ2v) is 7.35. The van der Waals surface area contributed by atoms with Gasteiger partial charge in [0.2, 0.25) is 0 Å². The first-order valence-electron chi connectivity index (χ1n) is 8.47. The van der Waals surface area contributed by atoms with Gasteiger partial charge in [-0.3, -0.25) is 4.99 Å². The van der Waals surface area contributed by atoms with E-state index in [-0.39, 0.29) is 17.7 Å². The van der Waals surface area contributed by atoms with Gasteiger partial charge in [-0.05, 0) is 63.6 Å².